The molecule has 1 aromatic rings. The fourth-order valence-electron chi connectivity index (χ4n) is 2.09. The van der Waals surface area contributed by atoms with Crippen LogP contribution >= 0.6 is 11.6 Å². The first kappa shape index (κ1) is 11.4. The third-order valence-corrected chi connectivity index (χ3v) is 3.12. The van der Waals surface area contributed by atoms with Crippen molar-refractivity contribution < 1.29 is 9.53 Å². The Morgan fingerprint density at radius 1 is 1.50 bits per heavy atom. The maximum atomic E-state index is 11.8. The summed E-state index contributed by atoms with van der Waals surface area (Å²) < 4.78 is 5.01. The lowest BCUT2D eigenvalue weighted by molar-refractivity contribution is 0.0524. The van der Waals surface area contributed by atoms with Gasteiger partial charge in [0.15, 0.2) is 0 Å². The second kappa shape index (κ2) is 4.83. The number of pyridine rings is 1. The van der Waals surface area contributed by atoms with E-state index < -0.39 is 0 Å². The highest BCUT2D eigenvalue weighted by atomic mass is 35.5. The number of hydrogen-bond acceptors (Lipinski definition) is 3. The second-order valence-corrected chi connectivity index (χ2v) is 4.21. The van der Waals surface area contributed by atoms with E-state index in [-0.39, 0.29) is 11.1 Å². The van der Waals surface area contributed by atoms with Gasteiger partial charge in [-0.3, -0.25) is 0 Å². The number of fused-ring (bicyclic) bond motifs is 1. The molecule has 0 spiro atoms. The van der Waals surface area contributed by atoms with E-state index in [4.69, 9.17) is 16.3 Å². The first-order valence-electron chi connectivity index (χ1n) is 5.57. The summed E-state index contributed by atoms with van der Waals surface area (Å²) in [4.78, 5) is 15.9. The Bertz CT molecular complexity index is 418. The van der Waals surface area contributed by atoms with Crippen molar-refractivity contribution in [3.05, 3.63) is 28.0 Å². The number of esters is 1. The minimum absolute atomic E-state index is 0.263. The van der Waals surface area contributed by atoms with Crippen LogP contribution in [0, 0.1) is 0 Å². The largest absolute Gasteiger partial charge is 0.462 e. The Morgan fingerprint density at radius 2 is 2.25 bits per heavy atom. The van der Waals surface area contributed by atoms with Crippen molar-refractivity contribution in [3.63, 3.8) is 0 Å². The molecule has 0 bridgehead atoms. The van der Waals surface area contributed by atoms with Crippen LogP contribution < -0.4 is 0 Å². The zero-order chi connectivity index (χ0) is 11.5. The molecule has 2 rings (SSSR count). The lowest BCUT2D eigenvalue weighted by atomic mass is 9.90. The van der Waals surface area contributed by atoms with Gasteiger partial charge >= 0.3 is 5.97 Å². The fourth-order valence-corrected chi connectivity index (χ4v) is 2.33. The zero-order valence-corrected chi connectivity index (χ0v) is 10.0. The van der Waals surface area contributed by atoms with Gasteiger partial charge < -0.3 is 4.74 Å². The van der Waals surface area contributed by atoms with Gasteiger partial charge in [-0.25, -0.2) is 9.78 Å². The molecule has 1 aliphatic carbocycles. The summed E-state index contributed by atoms with van der Waals surface area (Å²) in [5, 5.41) is 0.263. The molecule has 0 aromatic carbocycles. The van der Waals surface area contributed by atoms with Gasteiger partial charge in [0, 0.05) is 6.20 Å². The predicted octanol–water partition coefficient (Wildman–Crippen LogP) is 2.79. The summed E-state index contributed by atoms with van der Waals surface area (Å²) in [7, 11) is 0. The number of aryl methyl sites for hydroxylation is 1. The van der Waals surface area contributed by atoms with Crippen molar-refractivity contribution in [1.29, 1.82) is 0 Å². The van der Waals surface area contributed by atoms with E-state index in [1.165, 1.54) is 0 Å². The maximum absolute atomic E-state index is 11.8. The monoisotopic (exact) mass is 239 g/mol. The highest BCUT2D eigenvalue weighted by molar-refractivity contribution is 6.32. The minimum Gasteiger partial charge on any atom is -0.462 e. The van der Waals surface area contributed by atoms with Crippen LogP contribution in [0.15, 0.2) is 6.20 Å². The minimum atomic E-state index is -0.348. The van der Waals surface area contributed by atoms with Crippen LogP contribution in [0.25, 0.3) is 0 Å². The van der Waals surface area contributed by atoms with Gasteiger partial charge in [-0.15, -0.1) is 0 Å². The Kier molecular flexibility index (Phi) is 3.44. The number of aromatic nitrogens is 1. The lowest BCUT2D eigenvalue weighted by Gasteiger charge is -2.18. The van der Waals surface area contributed by atoms with Crippen LogP contribution in [-0.4, -0.2) is 17.6 Å². The van der Waals surface area contributed by atoms with E-state index in [2.05, 4.69) is 4.98 Å². The second-order valence-electron chi connectivity index (χ2n) is 3.86. The topological polar surface area (TPSA) is 39.2 Å². The first-order chi connectivity index (χ1) is 7.74. The molecule has 0 amide bonds. The van der Waals surface area contributed by atoms with Crippen LogP contribution in [0.2, 0.25) is 5.15 Å². The molecule has 0 N–H and O–H groups in total. The van der Waals surface area contributed by atoms with E-state index >= 15 is 0 Å². The molecular weight excluding hydrogens is 226 g/mol. The molecule has 1 aromatic heterocycles. The molecular formula is C12H14ClNO2. The SMILES string of the molecule is CCOC(=O)c1c(Cl)ncc2c1CCCC2. The molecule has 0 saturated carbocycles. The fraction of sp³-hybridized carbons (Fsp3) is 0.500. The van der Waals surface area contributed by atoms with Gasteiger partial charge in [0.05, 0.1) is 6.61 Å². The van der Waals surface area contributed by atoms with Gasteiger partial charge in [0.2, 0.25) is 0 Å². The zero-order valence-electron chi connectivity index (χ0n) is 9.25. The van der Waals surface area contributed by atoms with Gasteiger partial charge in [0.1, 0.15) is 10.7 Å². The molecule has 0 saturated heterocycles. The van der Waals surface area contributed by atoms with Crippen molar-refractivity contribution >= 4 is 17.6 Å². The van der Waals surface area contributed by atoms with Crippen LogP contribution in [0.3, 0.4) is 0 Å². The molecule has 1 heterocycles. The van der Waals surface area contributed by atoms with Gasteiger partial charge in [0.25, 0.3) is 0 Å². The summed E-state index contributed by atoms with van der Waals surface area (Å²) in [5.74, 6) is -0.348. The van der Waals surface area contributed by atoms with Crippen molar-refractivity contribution in [2.75, 3.05) is 6.61 Å². The number of rotatable bonds is 2. The summed E-state index contributed by atoms with van der Waals surface area (Å²) in [6.45, 7) is 2.15. The van der Waals surface area contributed by atoms with E-state index in [0.717, 1.165) is 36.8 Å². The molecule has 86 valence electrons. The average Bonchev–Trinajstić information content (AvgIpc) is 2.29. The third kappa shape index (κ3) is 2.05. The molecule has 16 heavy (non-hydrogen) atoms. The van der Waals surface area contributed by atoms with Crippen LogP contribution in [0.1, 0.15) is 41.3 Å². The molecule has 0 radical (unpaired) electrons. The third-order valence-electron chi connectivity index (χ3n) is 2.83. The van der Waals surface area contributed by atoms with E-state index in [1.807, 2.05) is 0 Å². The average molecular weight is 240 g/mol. The quantitative estimate of drug-likeness (QED) is 0.589. The van der Waals surface area contributed by atoms with E-state index in [0.29, 0.717) is 12.2 Å². The Hall–Kier alpha value is -1.09. The molecule has 0 unspecified atom stereocenters. The Labute approximate surface area is 99.8 Å². The van der Waals surface area contributed by atoms with Gasteiger partial charge in [-0.05, 0) is 43.7 Å². The maximum Gasteiger partial charge on any atom is 0.341 e. The molecule has 4 heteroatoms. The smallest absolute Gasteiger partial charge is 0.341 e. The number of hydrogen-bond donors (Lipinski definition) is 0. The summed E-state index contributed by atoms with van der Waals surface area (Å²) >= 11 is 5.98. The molecule has 1 aliphatic rings. The van der Waals surface area contributed by atoms with Gasteiger partial charge in [-0.1, -0.05) is 11.6 Å². The predicted molar refractivity (Wildman–Crippen MR) is 61.8 cm³/mol. The van der Waals surface area contributed by atoms with Gasteiger partial charge in [-0.2, -0.15) is 0 Å². The number of carbonyl (C=O) groups is 1. The Morgan fingerprint density at radius 3 is 3.00 bits per heavy atom. The molecule has 0 fully saturated rings. The molecule has 0 atom stereocenters. The normalized spacial score (nSPS) is 14.4. The van der Waals surface area contributed by atoms with Crippen molar-refractivity contribution in [2.45, 2.75) is 32.6 Å². The molecule has 3 nitrogen and oxygen atoms in total. The van der Waals surface area contributed by atoms with Crippen molar-refractivity contribution in [2.24, 2.45) is 0 Å². The summed E-state index contributed by atoms with van der Waals surface area (Å²) in [5.41, 5.74) is 2.64. The van der Waals surface area contributed by atoms with E-state index in [1.54, 1.807) is 13.1 Å². The number of halogens is 1. The van der Waals surface area contributed by atoms with E-state index in [9.17, 15) is 4.79 Å². The summed E-state index contributed by atoms with van der Waals surface area (Å²) in [6.07, 6.45) is 5.90. The highest BCUT2D eigenvalue weighted by Crippen LogP contribution is 2.28. The molecule has 0 aliphatic heterocycles. The standard InChI is InChI=1S/C12H14ClNO2/c1-2-16-12(15)10-9-6-4-3-5-8(9)7-14-11(10)13/h7H,2-6H2,1H3. The van der Waals surface area contributed by atoms with Crippen LogP contribution in [-0.2, 0) is 17.6 Å². The van der Waals surface area contributed by atoms with Crippen molar-refractivity contribution in [1.82, 2.24) is 4.98 Å². The Balaban J connectivity index is 2.45. The number of nitrogens with zero attached hydrogens (tertiary/aromatic N) is 1. The summed E-state index contributed by atoms with van der Waals surface area (Å²) in [6, 6.07) is 0. The number of ether oxygens (including phenoxy) is 1. The lowest BCUT2D eigenvalue weighted by Crippen LogP contribution is -2.14. The van der Waals surface area contributed by atoms with Crippen LogP contribution in [0.5, 0.6) is 0 Å². The highest BCUT2D eigenvalue weighted by Gasteiger charge is 2.22. The van der Waals surface area contributed by atoms with Crippen molar-refractivity contribution in [3.8, 4) is 0 Å². The number of carbonyl (C=O) groups excluding carboxylic acids is 1. The first-order valence-corrected chi connectivity index (χ1v) is 5.95. The van der Waals surface area contributed by atoms with Crippen LogP contribution in [0.4, 0.5) is 0 Å².